The summed E-state index contributed by atoms with van der Waals surface area (Å²) in [6.45, 7) is 5.52. The first-order chi connectivity index (χ1) is 11.5. The van der Waals surface area contributed by atoms with Crippen LogP contribution in [-0.2, 0) is 0 Å². The van der Waals surface area contributed by atoms with Gasteiger partial charge in [0.1, 0.15) is 11.3 Å². The fourth-order valence-corrected chi connectivity index (χ4v) is 2.34. The Morgan fingerprint density at radius 2 is 1.96 bits per heavy atom. The van der Waals surface area contributed by atoms with Gasteiger partial charge >= 0.3 is 0 Å². The topological polar surface area (TPSA) is 72.2 Å². The number of carbonyl (C=O) groups is 2. The average molecular weight is 320 g/mol. The van der Waals surface area contributed by atoms with Gasteiger partial charge in [0.15, 0.2) is 5.78 Å². The van der Waals surface area contributed by atoms with Crippen LogP contribution in [0.25, 0.3) is 0 Å². The first kappa shape index (κ1) is 15.7. The molecule has 1 aliphatic carbocycles. The molecule has 1 heterocycles. The van der Waals surface area contributed by atoms with E-state index in [2.05, 4.69) is 17.1 Å². The molecule has 0 spiro atoms. The largest absolute Gasteiger partial charge is 0.361 e. The predicted octanol–water partition coefficient (Wildman–Crippen LogP) is 3.86. The van der Waals surface area contributed by atoms with E-state index < -0.39 is 0 Å². The molecule has 5 heteroatoms. The zero-order valence-electron chi connectivity index (χ0n) is 13.2. The van der Waals surface area contributed by atoms with Gasteiger partial charge in [0.2, 0.25) is 0 Å². The van der Waals surface area contributed by atoms with Crippen LogP contribution in [-0.4, -0.2) is 16.8 Å². The van der Waals surface area contributed by atoms with Crippen LogP contribution < -0.4 is 5.32 Å². The molecule has 0 saturated heterocycles. The second-order valence-electron chi connectivity index (χ2n) is 5.51. The van der Waals surface area contributed by atoms with Crippen LogP contribution in [0.1, 0.15) is 32.9 Å². The fraction of sp³-hybridized carbons (Fsp3) is 0.105. The molecule has 0 bridgehead atoms. The second-order valence-corrected chi connectivity index (χ2v) is 5.51. The van der Waals surface area contributed by atoms with Crippen LogP contribution >= 0.6 is 0 Å². The van der Waals surface area contributed by atoms with Gasteiger partial charge in [0, 0.05) is 16.8 Å². The highest BCUT2D eigenvalue weighted by Crippen LogP contribution is 2.20. The lowest BCUT2D eigenvalue weighted by Gasteiger charge is -2.09. The van der Waals surface area contributed by atoms with Crippen molar-refractivity contribution in [2.75, 3.05) is 5.32 Å². The van der Waals surface area contributed by atoms with Gasteiger partial charge in [-0.2, -0.15) is 0 Å². The number of benzene rings is 1. The molecule has 5 nitrogen and oxygen atoms in total. The summed E-state index contributed by atoms with van der Waals surface area (Å²) in [5, 5.41) is 6.33. The van der Waals surface area contributed by atoms with Gasteiger partial charge in [-0.3, -0.25) is 9.59 Å². The van der Waals surface area contributed by atoms with Crippen LogP contribution in [0.15, 0.2) is 70.9 Å². The monoisotopic (exact) mass is 320 g/mol. The Hall–Kier alpha value is -3.21. The van der Waals surface area contributed by atoms with Crippen molar-refractivity contribution in [3.8, 4) is 0 Å². The number of ketones is 1. The molecule has 0 radical (unpaired) electrons. The first-order valence-electron chi connectivity index (χ1n) is 7.48. The molecule has 1 aliphatic rings. The Labute approximate surface area is 139 Å². The third kappa shape index (κ3) is 3.25. The highest BCUT2D eigenvalue weighted by Gasteiger charge is 2.14. The lowest BCUT2D eigenvalue weighted by molar-refractivity contribution is 0.102. The highest BCUT2D eigenvalue weighted by atomic mass is 16.5. The number of carbonyl (C=O) groups excluding carboxylic acids is 2. The maximum absolute atomic E-state index is 12.4. The molecule has 1 aromatic heterocycles. The minimum absolute atomic E-state index is 0.0495. The van der Waals surface area contributed by atoms with Crippen LogP contribution in [0.3, 0.4) is 0 Å². The van der Waals surface area contributed by atoms with Gasteiger partial charge < -0.3 is 9.84 Å². The van der Waals surface area contributed by atoms with Crippen molar-refractivity contribution in [3.63, 3.8) is 0 Å². The zero-order chi connectivity index (χ0) is 17.1. The molecule has 1 aromatic carbocycles. The Kier molecular flexibility index (Phi) is 4.24. The maximum atomic E-state index is 12.4. The first-order valence-corrected chi connectivity index (χ1v) is 7.48. The van der Waals surface area contributed by atoms with Gasteiger partial charge in [-0.1, -0.05) is 35.5 Å². The third-order valence-electron chi connectivity index (χ3n) is 3.75. The highest BCUT2D eigenvalue weighted by molar-refractivity contribution is 6.11. The summed E-state index contributed by atoms with van der Waals surface area (Å²) in [4.78, 5) is 24.5. The summed E-state index contributed by atoms with van der Waals surface area (Å²) in [7, 11) is 0. The summed E-state index contributed by atoms with van der Waals surface area (Å²) in [6, 6.07) is 6.77. The van der Waals surface area contributed by atoms with Gasteiger partial charge in [0.05, 0.1) is 6.20 Å². The molecule has 120 valence electrons. The predicted molar refractivity (Wildman–Crippen MR) is 90.9 cm³/mol. The number of aromatic nitrogens is 1. The van der Waals surface area contributed by atoms with Crippen molar-refractivity contribution >= 4 is 17.4 Å². The SMILES string of the molecule is C=C1C=CC(C(=O)c2ccc(NC(=O)c3cnoc3C)cc2)=CC1. The van der Waals surface area contributed by atoms with E-state index in [9.17, 15) is 9.59 Å². The molecule has 1 N–H and O–H groups in total. The maximum Gasteiger partial charge on any atom is 0.260 e. The van der Waals surface area contributed by atoms with E-state index in [1.807, 2.05) is 12.2 Å². The van der Waals surface area contributed by atoms with Gasteiger partial charge in [0.25, 0.3) is 5.91 Å². The molecule has 0 atom stereocenters. The number of nitrogens with one attached hydrogen (secondary N) is 1. The molecule has 0 unspecified atom stereocenters. The van der Waals surface area contributed by atoms with Crippen LogP contribution in [0, 0.1) is 6.92 Å². The van der Waals surface area contributed by atoms with Crippen LogP contribution in [0.4, 0.5) is 5.69 Å². The van der Waals surface area contributed by atoms with Gasteiger partial charge in [-0.15, -0.1) is 0 Å². The Morgan fingerprint density at radius 3 is 2.54 bits per heavy atom. The normalized spacial score (nSPS) is 13.5. The molecular weight excluding hydrogens is 304 g/mol. The Balaban J connectivity index is 1.71. The minimum Gasteiger partial charge on any atom is -0.361 e. The van der Waals surface area contributed by atoms with Crippen molar-refractivity contribution in [1.29, 1.82) is 0 Å². The van der Waals surface area contributed by atoms with E-state index in [1.165, 1.54) is 6.20 Å². The van der Waals surface area contributed by atoms with E-state index in [4.69, 9.17) is 4.52 Å². The van der Waals surface area contributed by atoms with Crippen molar-refractivity contribution < 1.29 is 14.1 Å². The Morgan fingerprint density at radius 1 is 1.21 bits per heavy atom. The number of rotatable bonds is 4. The van der Waals surface area contributed by atoms with E-state index in [0.717, 1.165) is 5.57 Å². The molecule has 3 rings (SSSR count). The molecule has 0 saturated carbocycles. The lowest BCUT2D eigenvalue weighted by Crippen LogP contribution is -2.12. The summed E-state index contributed by atoms with van der Waals surface area (Å²) in [6.07, 6.45) is 7.55. The van der Waals surface area contributed by atoms with Crippen molar-refractivity contribution in [3.05, 3.63) is 83.3 Å². The summed E-state index contributed by atoms with van der Waals surface area (Å²) < 4.78 is 4.87. The molecule has 24 heavy (non-hydrogen) atoms. The van der Waals surface area contributed by atoms with Crippen molar-refractivity contribution in [2.24, 2.45) is 0 Å². The fourth-order valence-electron chi connectivity index (χ4n) is 2.34. The van der Waals surface area contributed by atoms with Crippen molar-refractivity contribution in [1.82, 2.24) is 5.16 Å². The number of nitrogens with zero attached hydrogens (tertiary/aromatic N) is 1. The molecule has 1 amide bonds. The standard InChI is InChI=1S/C19H16N2O3/c1-12-3-5-14(6-4-12)18(22)15-7-9-16(10-8-15)21-19(23)17-11-20-24-13(17)2/h3,5-11H,1,4H2,2H3,(H,21,23). The number of amides is 1. The molecular formula is C19H16N2O3. The minimum atomic E-state index is -0.302. The van der Waals surface area contributed by atoms with Gasteiger partial charge in [-0.25, -0.2) is 0 Å². The molecule has 0 aliphatic heterocycles. The number of aryl methyl sites for hydroxylation is 1. The number of hydrogen-bond acceptors (Lipinski definition) is 4. The van der Waals surface area contributed by atoms with E-state index in [1.54, 1.807) is 37.3 Å². The van der Waals surface area contributed by atoms with E-state index >= 15 is 0 Å². The summed E-state index contributed by atoms with van der Waals surface area (Å²) >= 11 is 0. The quantitative estimate of drug-likeness (QED) is 0.868. The summed E-state index contributed by atoms with van der Waals surface area (Å²) in [5.41, 5.74) is 3.18. The average Bonchev–Trinajstić information content (AvgIpc) is 3.02. The Bertz CT molecular complexity index is 870. The number of hydrogen-bond donors (Lipinski definition) is 1. The third-order valence-corrected chi connectivity index (χ3v) is 3.75. The van der Waals surface area contributed by atoms with Gasteiger partial charge in [-0.05, 0) is 37.6 Å². The van der Waals surface area contributed by atoms with Crippen molar-refractivity contribution in [2.45, 2.75) is 13.3 Å². The molecule has 2 aromatic rings. The number of anilines is 1. The second kappa shape index (κ2) is 6.50. The van der Waals surface area contributed by atoms with Crippen LogP contribution in [0.2, 0.25) is 0 Å². The zero-order valence-corrected chi connectivity index (χ0v) is 13.2. The lowest BCUT2D eigenvalue weighted by atomic mass is 9.96. The smallest absolute Gasteiger partial charge is 0.260 e. The van der Waals surface area contributed by atoms with E-state index in [-0.39, 0.29) is 11.7 Å². The number of allylic oxidation sites excluding steroid dienone is 5. The van der Waals surface area contributed by atoms with Crippen LogP contribution in [0.5, 0.6) is 0 Å². The molecule has 0 fully saturated rings. The summed E-state index contributed by atoms with van der Waals surface area (Å²) in [5.74, 6) is 0.104. The number of Topliss-reactive ketones (excluding diaryl/α,β-unsaturated/α-hetero) is 1. The van der Waals surface area contributed by atoms with E-state index in [0.29, 0.717) is 34.6 Å².